The summed E-state index contributed by atoms with van der Waals surface area (Å²) in [4.78, 5) is 59.9. The van der Waals surface area contributed by atoms with Gasteiger partial charge in [-0.3, -0.25) is 29.5 Å². The number of amides is 4. The minimum absolute atomic E-state index is 0.119. The van der Waals surface area contributed by atoms with Crippen LogP contribution >= 0.6 is 11.6 Å². The lowest BCUT2D eigenvalue weighted by Gasteiger charge is -2.50. The van der Waals surface area contributed by atoms with E-state index in [9.17, 15) is 23.9 Å². The number of hydrogen-bond acceptors (Lipinski definition) is 6. The van der Waals surface area contributed by atoms with E-state index in [0.717, 1.165) is 16.1 Å². The Bertz CT molecular complexity index is 2190. The number of carbonyl (C=O) groups is 4. The summed E-state index contributed by atoms with van der Waals surface area (Å²) in [6.45, 7) is 7.35. The van der Waals surface area contributed by atoms with Crippen LogP contribution in [0, 0.1) is 43.3 Å². The third-order valence-corrected chi connectivity index (χ3v) is 11.7. The molecular formula is C42H35ClFN3O5. The first-order valence-corrected chi connectivity index (χ1v) is 17.6. The van der Waals surface area contributed by atoms with Crippen LogP contribution in [0.2, 0.25) is 5.02 Å². The van der Waals surface area contributed by atoms with Gasteiger partial charge in [-0.25, -0.2) is 4.39 Å². The van der Waals surface area contributed by atoms with Crippen molar-refractivity contribution < 1.29 is 28.7 Å². The average Bonchev–Trinajstić information content (AvgIpc) is 3.52. The number of fused-ring (bicyclic) bond motifs is 4. The van der Waals surface area contributed by atoms with Crippen LogP contribution in [0.25, 0.3) is 6.08 Å². The van der Waals surface area contributed by atoms with E-state index in [0.29, 0.717) is 38.7 Å². The number of rotatable bonds is 6. The molecule has 52 heavy (non-hydrogen) atoms. The maximum absolute atomic E-state index is 15.3. The highest BCUT2D eigenvalue weighted by Crippen LogP contribution is 2.64. The Balaban J connectivity index is 1.33. The smallest absolute Gasteiger partial charge is 0.260 e. The molecule has 2 aliphatic carbocycles. The van der Waals surface area contributed by atoms with Crippen LogP contribution in [0.5, 0.6) is 5.75 Å². The number of nitrogens with zero attached hydrogens (tertiary/aromatic N) is 2. The van der Waals surface area contributed by atoms with Crippen molar-refractivity contribution in [1.82, 2.24) is 5.01 Å². The van der Waals surface area contributed by atoms with Crippen molar-refractivity contribution in [3.8, 4) is 5.75 Å². The van der Waals surface area contributed by atoms with Gasteiger partial charge in [0.1, 0.15) is 11.6 Å². The summed E-state index contributed by atoms with van der Waals surface area (Å²) in [5.74, 6) is -5.71. The number of hydrogen-bond donors (Lipinski definition) is 2. The lowest BCUT2D eigenvalue weighted by Crippen LogP contribution is -2.53. The molecule has 0 radical (unpaired) electrons. The summed E-state index contributed by atoms with van der Waals surface area (Å²) < 4.78 is 13.9. The van der Waals surface area contributed by atoms with E-state index >= 15 is 4.79 Å². The van der Waals surface area contributed by atoms with Crippen LogP contribution < -0.4 is 10.3 Å². The van der Waals surface area contributed by atoms with E-state index in [2.05, 4.69) is 12.0 Å². The van der Waals surface area contributed by atoms with Crippen LogP contribution in [0.4, 0.5) is 15.8 Å². The molecule has 8 rings (SSSR count). The normalized spacial score (nSPS) is 26.5. The highest BCUT2D eigenvalue weighted by atomic mass is 35.5. The molecule has 0 aromatic heterocycles. The topological polar surface area (TPSA) is 107 Å². The predicted octanol–water partition coefficient (Wildman–Crippen LogP) is 7.63. The Labute approximate surface area is 305 Å². The summed E-state index contributed by atoms with van der Waals surface area (Å²) in [5.41, 5.74) is 6.35. The van der Waals surface area contributed by atoms with Crippen molar-refractivity contribution in [2.45, 2.75) is 38.0 Å². The standard InChI is InChI=1S/C42H35ClFN3O5/c1-4-24-5-15-30(16-6-24)46-38(49)32-18-17-31-33(35(32)40(46)51)21-34-39(50)47(45-29-13-11-28(44)12-14-29)41(52)42(34,26-7-9-27(43)10-8-26)36(31)25-19-22(2)37(48)23(3)20-25/h4-17,19-20,32-36,45,48H,1,18,21H2,2-3H3/t32-,33+,34-,35-,36-,42+/m0/s1. The number of aromatic hydroxyl groups is 1. The van der Waals surface area contributed by atoms with Crippen molar-refractivity contribution in [3.63, 3.8) is 0 Å². The van der Waals surface area contributed by atoms with E-state index in [-0.39, 0.29) is 30.4 Å². The van der Waals surface area contributed by atoms with Gasteiger partial charge in [0.05, 0.1) is 34.5 Å². The largest absolute Gasteiger partial charge is 0.507 e. The fraction of sp³-hybridized carbons (Fsp3) is 0.238. The minimum atomic E-state index is -1.51. The monoisotopic (exact) mass is 715 g/mol. The summed E-state index contributed by atoms with van der Waals surface area (Å²) >= 11 is 6.38. The third-order valence-electron chi connectivity index (χ3n) is 11.5. The number of nitrogens with one attached hydrogen (secondary N) is 1. The summed E-state index contributed by atoms with van der Waals surface area (Å²) in [6.07, 6.45) is 4.07. The molecule has 6 atom stereocenters. The second-order valence-corrected chi connectivity index (χ2v) is 14.6. The average molecular weight is 716 g/mol. The van der Waals surface area contributed by atoms with Gasteiger partial charge >= 0.3 is 0 Å². The van der Waals surface area contributed by atoms with Crippen molar-refractivity contribution in [2.75, 3.05) is 10.3 Å². The van der Waals surface area contributed by atoms with E-state index in [1.807, 2.05) is 18.2 Å². The summed E-state index contributed by atoms with van der Waals surface area (Å²) in [6, 6.07) is 23.0. The van der Waals surface area contributed by atoms with Gasteiger partial charge in [-0.05, 0) is 109 Å². The van der Waals surface area contributed by atoms with Crippen LogP contribution in [-0.2, 0) is 24.6 Å². The number of phenols is 1. The lowest BCUT2D eigenvalue weighted by atomic mass is 9.49. The fourth-order valence-electron chi connectivity index (χ4n) is 9.20. The lowest BCUT2D eigenvalue weighted by molar-refractivity contribution is -0.138. The Morgan fingerprint density at radius 2 is 1.54 bits per heavy atom. The van der Waals surface area contributed by atoms with E-state index in [4.69, 9.17) is 11.6 Å². The second kappa shape index (κ2) is 12.3. The van der Waals surface area contributed by atoms with Crippen molar-refractivity contribution in [2.24, 2.45) is 23.7 Å². The predicted molar refractivity (Wildman–Crippen MR) is 196 cm³/mol. The second-order valence-electron chi connectivity index (χ2n) is 14.2. The van der Waals surface area contributed by atoms with E-state index in [1.54, 1.807) is 68.5 Å². The van der Waals surface area contributed by atoms with Gasteiger partial charge in [0, 0.05) is 10.9 Å². The van der Waals surface area contributed by atoms with E-state index < -0.39 is 52.6 Å². The molecule has 2 saturated heterocycles. The van der Waals surface area contributed by atoms with Crippen LogP contribution in [0.3, 0.4) is 0 Å². The van der Waals surface area contributed by atoms with Gasteiger partial charge in [-0.15, -0.1) is 0 Å². The Kier molecular flexibility index (Phi) is 7.95. The molecule has 4 amide bonds. The van der Waals surface area contributed by atoms with E-state index in [1.165, 1.54) is 29.2 Å². The number of aryl methyl sites for hydroxylation is 2. The minimum Gasteiger partial charge on any atom is -0.507 e. The van der Waals surface area contributed by atoms with Gasteiger partial charge in [0.15, 0.2) is 0 Å². The number of imide groups is 2. The van der Waals surface area contributed by atoms with Crippen LogP contribution in [0.15, 0.2) is 103 Å². The number of phenolic OH excluding ortho intramolecular Hbond substituents is 1. The highest BCUT2D eigenvalue weighted by Gasteiger charge is 2.70. The first kappa shape index (κ1) is 33.6. The van der Waals surface area contributed by atoms with Gasteiger partial charge in [0.2, 0.25) is 11.8 Å². The fourth-order valence-corrected chi connectivity index (χ4v) is 9.33. The number of hydrazine groups is 1. The quantitative estimate of drug-likeness (QED) is 0.157. The molecule has 0 unspecified atom stereocenters. The SMILES string of the molecule is C=Cc1ccc(N2C(=O)[C@H]3[C@H](CC=C4[C@H]3C[C@H]3C(=O)N(Nc5ccc(F)cc5)C(=O)[C@@]3(c3ccc(Cl)cc3)[C@H]4c3cc(C)c(O)c(C)c3)C2=O)cc1. The summed E-state index contributed by atoms with van der Waals surface area (Å²) in [5, 5.41) is 12.3. The zero-order valence-electron chi connectivity index (χ0n) is 28.5. The van der Waals surface area contributed by atoms with Crippen LogP contribution in [0.1, 0.15) is 46.6 Å². The maximum Gasteiger partial charge on any atom is 0.260 e. The Morgan fingerprint density at radius 1 is 0.885 bits per heavy atom. The zero-order chi connectivity index (χ0) is 36.6. The number of carbonyl (C=O) groups excluding carboxylic acids is 4. The van der Waals surface area contributed by atoms with Gasteiger partial charge < -0.3 is 5.11 Å². The van der Waals surface area contributed by atoms with Crippen LogP contribution in [-0.4, -0.2) is 33.7 Å². The van der Waals surface area contributed by atoms with Crippen molar-refractivity contribution >= 4 is 52.7 Å². The molecular weight excluding hydrogens is 681 g/mol. The number of benzene rings is 4. The molecule has 2 heterocycles. The number of halogens is 2. The molecule has 8 nitrogen and oxygen atoms in total. The molecule has 2 aliphatic heterocycles. The molecule has 4 aromatic carbocycles. The molecule has 4 aromatic rings. The molecule has 1 saturated carbocycles. The highest BCUT2D eigenvalue weighted by molar-refractivity contribution is 6.30. The zero-order valence-corrected chi connectivity index (χ0v) is 29.2. The summed E-state index contributed by atoms with van der Waals surface area (Å²) in [7, 11) is 0. The van der Waals surface area contributed by atoms with Crippen molar-refractivity contribution in [1.29, 1.82) is 0 Å². The molecule has 3 fully saturated rings. The van der Waals surface area contributed by atoms with Gasteiger partial charge in [0.25, 0.3) is 11.8 Å². The maximum atomic E-state index is 15.3. The molecule has 262 valence electrons. The van der Waals surface area contributed by atoms with Gasteiger partial charge in [-0.1, -0.05) is 72.3 Å². The first-order valence-electron chi connectivity index (χ1n) is 17.2. The third kappa shape index (κ3) is 4.86. The van der Waals surface area contributed by atoms with Gasteiger partial charge in [-0.2, -0.15) is 5.01 Å². The number of anilines is 2. The Hall–Kier alpha value is -5.54. The molecule has 0 spiro atoms. The molecule has 0 bridgehead atoms. The Morgan fingerprint density at radius 3 is 2.17 bits per heavy atom. The number of allylic oxidation sites excluding steroid dienone is 2. The first-order chi connectivity index (χ1) is 24.9. The molecule has 2 N–H and O–H groups in total. The molecule has 4 aliphatic rings. The van der Waals surface area contributed by atoms with Crippen molar-refractivity contribution in [3.05, 3.63) is 142 Å². The molecule has 10 heteroatoms.